The summed E-state index contributed by atoms with van der Waals surface area (Å²) >= 11 is 8.97. The normalized spacial score (nSPS) is 12.7. The second-order valence-electron chi connectivity index (χ2n) is 5.00. The van der Waals surface area contributed by atoms with E-state index in [0.29, 0.717) is 33.6 Å². The topological polar surface area (TPSA) is 38.1 Å². The van der Waals surface area contributed by atoms with Gasteiger partial charge in [0.15, 0.2) is 0 Å². The van der Waals surface area contributed by atoms with Crippen molar-refractivity contribution in [3.8, 4) is 0 Å². The molecule has 1 aromatic carbocycles. The minimum Gasteiger partial charge on any atom is -0.347 e. The SMILES string of the molecule is CC(C(=O)N(C)C)n1c(CCCl)nc2cc(Br)c(F)cc21. The van der Waals surface area contributed by atoms with Crippen LogP contribution in [0, 0.1) is 5.82 Å². The van der Waals surface area contributed by atoms with Crippen LogP contribution in [0.2, 0.25) is 0 Å². The van der Waals surface area contributed by atoms with E-state index < -0.39 is 6.04 Å². The number of fused-ring (bicyclic) bond motifs is 1. The van der Waals surface area contributed by atoms with Crippen molar-refractivity contribution in [1.82, 2.24) is 14.5 Å². The first-order valence-corrected chi connectivity index (χ1v) is 7.82. The number of amides is 1. The molecule has 0 aliphatic carbocycles. The lowest BCUT2D eigenvalue weighted by atomic mass is 10.2. The van der Waals surface area contributed by atoms with Crippen LogP contribution in [0.25, 0.3) is 11.0 Å². The van der Waals surface area contributed by atoms with Gasteiger partial charge in [0.2, 0.25) is 5.91 Å². The van der Waals surface area contributed by atoms with E-state index in [1.165, 1.54) is 11.0 Å². The van der Waals surface area contributed by atoms with Gasteiger partial charge in [0, 0.05) is 32.5 Å². The number of hydrogen-bond acceptors (Lipinski definition) is 2. The second-order valence-corrected chi connectivity index (χ2v) is 6.23. The van der Waals surface area contributed by atoms with Crippen molar-refractivity contribution < 1.29 is 9.18 Å². The number of hydrogen-bond donors (Lipinski definition) is 0. The lowest BCUT2D eigenvalue weighted by Crippen LogP contribution is -2.30. The van der Waals surface area contributed by atoms with Crippen LogP contribution in [0.15, 0.2) is 16.6 Å². The van der Waals surface area contributed by atoms with Crippen molar-refractivity contribution in [1.29, 1.82) is 0 Å². The van der Waals surface area contributed by atoms with Gasteiger partial charge in [-0.15, -0.1) is 11.6 Å². The van der Waals surface area contributed by atoms with E-state index in [-0.39, 0.29) is 11.7 Å². The Labute approximate surface area is 136 Å². The highest BCUT2D eigenvalue weighted by molar-refractivity contribution is 9.10. The van der Waals surface area contributed by atoms with Gasteiger partial charge in [0.05, 0.1) is 15.5 Å². The molecule has 0 N–H and O–H groups in total. The molecule has 0 saturated heterocycles. The number of halogens is 3. The standard InChI is InChI=1S/C14H16BrClFN3O/c1-8(14(21)19(2)3)20-12-7-10(17)9(15)6-11(12)18-13(20)4-5-16/h6-8H,4-5H2,1-3H3. The minimum absolute atomic E-state index is 0.0755. The van der Waals surface area contributed by atoms with E-state index in [1.54, 1.807) is 31.7 Å². The van der Waals surface area contributed by atoms with Gasteiger partial charge < -0.3 is 9.47 Å². The van der Waals surface area contributed by atoms with Crippen molar-refractivity contribution in [3.63, 3.8) is 0 Å². The maximum atomic E-state index is 13.8. The Morgan fingerprint density at radius 3 is 2.76 bits per heavy atom. The first-order chi connectivity index (χ1) is 9.86. The van der Waals surface area contributed by atoms with E-state index in [1.807, 2.05) is 0 Å². The maximum absolute atomic E-state index is 13.8. The molecular weight excluding hydrogens is 361 g/mol. The predicted molar refractivity (Wildman–Crippen MR) is 85.2 cm³/mol. The monoisotopic (exact) mass is 375 g/mol. The van der Waals surface area contributed by atoms with Gasteiger partial charge in [-0.3, -0.25) is 4.79 Å². The first-order valence-electron chi connectivity index (χ1n) is 6.49. The van der Waals surface area contributed by atoms with E-state index in [0.717, 1.165) is 0 Å². The minimum atomic E-state index is -0.469. The van der Waals surface area contributed by atoms with Gasteiger partial charge in [0.25, 0.3) is 0 Å². The van der Waals surface area contributed by atoms with E-state index in [9.17, 15) is 9.18 Å². The van der Waals surface area contributed by atoms with Gasteiger partial charge in [-0.05, 0) is 28.9 Å². The number of rotatable bonds is 4. The van der Waals surface area contributed by atoms with Crippen LogP contribution in [-0.4, -0.2) is 40.3 Å². The van der Waals surface area contributed by atoms with E-state index in [4.69, 9.17) is 11.6 Å². The highest BCUT2D eigenvalue weighted by Gasteiger charge is 2.23. The Balaban J connectivity index is 2.65. The van der Waals surface area contributed by atoms with Gasteiger partial charge in [-0.1, -0.05) is 0 Å². The third-order valence-corrected chi connectivity index (χ3v) is 4.10. The quantitative estimate of drug-likeness (QED) is 0.767. The number of likely N-dealkylation sites (N-methyl/N-ethyl adjacent to an activating group) is 1. The maximum Gasteiger partial charge on any atom is 0.244 e. The molecule has 1 unspecified atom stereocenters. The number of benzene rings is 1. The summed E-state index contributed by atoms with van der Waals surface area (Å²) in [4.78, 5) is 18.2. The average Bonchev–Trinajstić information content (AvgIpc) is 2.75. The molecule has 2 rings (SSSR count). The lowest BCUT2D eigenvalue weighted by molar-refractivity contribution is -0.131. The Morgan fingerprint density at radius 2 is 2.19 bits per heavy atom. The van der Waals surface area contributed by atoms with Crippen LogP contribution in [0.5, 0.6) is 0 Å². The molecular formula is C14H16BrClFN3O. The third kappa shape index (κ3) is 3.06. The Bertz CT molecular complexity index is 686. The molecule has 1 atom stereocenters. The molecule has 7 heteroatoms. The van der Waals surface area contributed by atoms with Crippen molar-refractivity contribution in [2.45, 2.75) is 19.4 Å². The molecule has 0 bridgehead atoms. The molecule has 114 valence electrons. The van der Waals surface area contributed by atoms with Gasteiger partial charge in [0.1, 0.15) is 17.7 Å². The Morgan fingerprint density at radius 1 is 1.52 bits per heavy atom. The highest BCUT2D eigenvalue weighted by atomic mass is 79.9. The summed E-state index contributed by atoms with van der Waals surface area (Å²) in [6.07, 6.45) is 0.514. The molecule has 1 heterocycles. The fraction of sp³-hybridized carbons (Fsp3) is 0.429. The number of aromatic nitrogens is 2. The molecule has 2 aromatic rings. The molecule has 4 nitrogen and oxygen atoms in total. The van der Waals surface area contributed by atoms with Gasteiger partial charge in [-0.2, -0.15) is 0 Å². The number of alkyl halides is 1. The van der Waals surface area contributed by atoms with Crippen LogP contribution in [0.1, 0.15) is 18.8 Å². The van der Waals surface area contributed by atoms with Crippen LogP contribution >= 0.6 is 27.5 Å². The number of nitrogens with zero attached hydrogens (tertiary/aromatic N) is 3. The predicted octanol–water partition coefficient (Wildman–Crippen LogP) is 3.37. The number of aryl methyl sites for hydroxylation is 1. The van der Waals surface area contributed by atoms with Crippen molar-refractivity contribution in [2.24, 2.45) is 0 Å². The molecule has 0 fully saturated rings. The summed E-state index contributed by atoms with van der Waals surface area (Å²) in [5, 5.41) is 0. The molecule has 1 aromatic heterocycles. The summed E-state index contributed by atoms with van der Waals surface area (Å²) in [6, 6.07) is 2.54. The van der Waals surface area contributed by atoms with E-state index >= 15 is 0 Å². The van der Waals surface area contributed by atoms with Crippen molar-refractivity contribution >= 4 is 44.5 Å². The zero-order chi connectivity index (χ0) is 15.7. The zero-order valence-electron chi connectivity index (χ0n) is 12.0. The molecule has 0 saturated carbocycles. The van der Waals surface area contributed by atoms with Gasteiger partial charge in [-0.25, -0.2) is 9.37 Å². The molecule has 0 spiro atoms. The van der Waals surface area contributed by atoms with E-state index in [2.05, 4.69) is 20.9 Å². The molecule has 0 aliphatic rings. The van der Waals surface area contributed by atoms with Crippen LogP contribution in [0.3, 0.4) is 0 Å². The summed E-state index contributed by atoms with van der Waals surface area (Å²) in [6.45, 7) is 1.78. The van der Waals surface area contributed by atoms with Crippen molar-refractivity contribution in [3.05, 3.63) is 28.2 Å². The molecule has 0 radical (unpaired) electrons. The Kier molecular flexibility index (Phi) is 4.88. The molecule has 0 aliphatic heterocycles. The van der Waals surface area contributed by atoms with Crippen LogP contribution < -0.4 is 0 Å². The number of carbonyl (C=O) groups excluding carboxylic acids is 1. The third-order valence-electron chi connectivity index (χ3n) is 3.31. The van der Waals surface area contributed by atoms with Crippen molar-refractivity contribution in [2.75, 3.05) is 20.0 Å². The average molecular weight is 377 g/mol. The summed E-state index contributed by atoms with van der Waals surface area (Å²) < 4.78 is 15.9. The summed E-state index contributed by atoms with van der Waals surface area (Å²) in [5.74, 6) is 0.606. The van der Waals surface area contributed by atoms with Crippen LogP contribution in [0.4, 0.5) is 4.39 Å². The molecule has 21 heavy (non-hydrogen) atoms. The second kappa shape index (κ2) is 6.32. The number of carbonyl (C=O) groups is 1. The highest BCUT2D eigenvalue weighted by Crippen LogP contribution is 2.27. The number of imidazole rings is 1. The lowest BCUT2D eigenvalue weighted by Gasteiger charge is -2.20. The summed E-state index contributed by atoms with van der Waals surface area (Å²) in [7, 11) is 3.38. The summed E-state index contributed by atoms with van der Waals surface area (Å²) in [5.41, 5.74) is 1.24. The van der Waals surface area contributed by atoms with Crippen LogP contribution in [-0.2, 0) is 11.2 Å². The largest absolute Gasteiger partial charge is 0.347 e. The zero-order valence-corrected chi connectivity index (χ0v) is 14.4. The fourth-order valence-electron chi connectivity index (χ4n) is 2.32. The first kappa shape index (κ1) is 16.2. The fourth-order valence-corrected chi connectivity index (χ4v) is 2.82. The molecule has 1 amide bonds. The van der Waals surface area contributed by atoms with Gasteiger partial charge >= 0.3 is 0 Å². The Hall–Kier alpha value is -1.14. The smallest absolute Gasteiger partial charge is 0.244 e.